The smallest absolute Gasteiger partial charge is 0.0991 e. The maximum absolute atomic E-state index is 8.67. The Morgan fingerprint density at radius 2 is 1.87 bits per heavy atom. The number of benzene rings is 1. The number of nitrogens with zero attached hydrogens (tertiary/aromatic N) is 1. The first-order chi connectivity index (χ1) is 7.31. The molecule has 1 heterocycles. The van der Waals surface area contributed by atoms with E-state index in [1.807, 2.05) is 29.0 Å². The summed E-state index contributed by atoms with van der Waals surface area (Å²) in [5.41, 5.74) is 8.89. The minimum Gasteiger partial charge on any atom is -0.320 e. The summed E-state index contributed by atoms with van der Waals surface area (Å²) in [5, 5.41) is 12.7. The van der Waals surface area contributed by atoms with Gasteiger partial charge in [0.05, 0.1) is 17.7 Å². The molecule has 74 valence electrons. The average Bonchev–Trinajstić information content (AvgIpc) is 2.82. The van der Waals surface area contributed by atoms with Crippen molar-refractivity contribution in [3.63, 3.8) is 0 Å². The number of nitriles is 1. The molecule has 1 atom stereocenters. The third-order valence-electron chi connectivity index (χ3n) is 2.30. The van der Waals surface area contributed by atoms with Gasteiger partial charge in [-0.15, -0.1) is 0 Å². The Morgan fingerprint density at radius 1 is 1.13 bits per heavy atom. The molecule has 0 spiro atoms. The molecule has 0 aliphatic rings. The fraction of sp³-hybridized carbons (Fsp3) is 0.0833. The molecule has 1 aromatic carbocycles. The van der Waals surface area contributed by atoms with E-state index in [1.165, 1.54) is 0 Å². The highest BCUT2D eigenvalue weighted by Gasteiger charge is 2.08. The molecule has 0 saturated heterocycles. The van der Waals surface area contributed by atoms with E-state index in [9.17, 15) is 0 Å². The molecule has 1 aromatic heterocycles. The van der Waals surface area contributed by atoms with Crippen LogP contribution in [0.25, 0.3) is 0 Å². The number of thiophene rings is 1. The van der Waals surface area contributed by atoms with Crippen LogP contribution in [-0.2, 0) is 0 Å². The lowest BCUT2D eigenvalue weighted by Gasteiger charge is -2.09. The topological polar surface area (TPSA) is 49.8 Å². The Hall–Kier alpha value is -1.63. The Balaban J connectivity index is 2.27. The summed E-state index contributed by atoms with van der Waals surface area (Å²) in [4.78, 5) is 0. The van der Waals surface area contributed by atoms with Crippen LogP contribution in [0.4, 0.5) is 0 Å². The highest BCUT2D eigenvalue weighted by atomic mass is 32.1. The molecule has 0 amide bonds. The van der Waals surface area contributed by atoms with E-state index in [0.29, 0.717) is 5.56 Å². The van der Waals surface area contributed by atoms with Crippen LogP contribution in [0.3, 0.4) is 0 Å². The van der Waals surface area contributed by atoms with Crippen LogP contribution in [0.1, 0.15) is 22.7 Å². The van der Waals surface area contributed by atoms with E-state index < -0.39 is 0 Å². The van der Waals surface area contributed by atoms with Gasteiger partial charge in [-0.3, -0.25) is 0 Å². The summed E-state index contributed by atoms with van der Waals surface area (Å²) in [6.45, 7) is 0. The van der Waals surface area contributed by atoms with Crippen LogP contribution in [0.2, 0.25) is 0 Å². The third kappa shape index (κ3) is 2.07. The molecule has 0 unspecified atom stereocenters. The minimum atomic E-state index is -0.0935. The molecule has 0 bridgehead atoms. The first kappa shape index (κ1) is 9.91. The highest BCUT2D eigenvalue weighted by molar-refractivity contribution is 7.08. The molecular weight excluding hydrogens is 204 g/mol. The Kier molecular flexibility index (Phi) is 2.82. The summed E-state index contributed by atoms with van der Waals surface area (Å²) in [6, 6.07) is 11.4. The van der Waals surface area contributed by atoms with Crippen LogP contribution < -0.4 is 5.73 Å². The molecule has 0 radical (unpaired) electrons. The van der Waals surface area contributed by atoms with Gasteiger partial charge in [0.2, 0.25) is 0 Å². The molecule has 0 aliphatic carbocycles. The molecule has 15 heavy (non-hydrogen) atoms. The lowest BCUT2D eigenvalue weighted by molar-refractivity contribution is 0.877. The lowest BCUT2D eigenvalue weighted by atomic mass is 10.0. The summed E-state index contributed by atoms with van der Waals surface area (Å²) in [6.07, 6.45) is 0. The molecule has 2 aromatic rings. The fourth-order valence-corrected chi connectivity index (χ4v) is 2.11. The number of hydrogen-bond acceptors (Lipinski definition) is 3. The van der Waals surface area contributed by atoms with Crippen molar-refractivity contribution in [2.24, 2.45) is 5.73 Å². The van der Waals surface area contributed by atoms with Gasteiger partial charge in [0.25, 0.3) is 0 Å². The molecule has 2 N–H and O–H groups in total. The van der Waals surface area contributed by atoms with Crippen molar-refractivity contribution in [3.8, 4) is 6.07 Å². The van der Waals surface area contributed by atoms with E-state index in [-0.39, 0.29) is 6.04 Å². The molecule has 0 aliphatic heterocycles. The summed E-state index contributed by atoms with van der Waals surface area (Å²) < 4.78 is 0. The first-order valence-electron chi connectivity index (χ1n) is 4.59. The van der Waals surface area contributed by atoms with E-state index in [4.69, 9.17) is 11.0 Å². The van der Waals surface area contributed by atoms with Crippen LogP contribution in [0, 0.1) is 11.3 Å². The second kappa shape index (κ2) is 4.26. The maximum Gasteiger partial charge on any atom is 0.0991 e. The predicted octanol–water partition coefficient (Wildman–Crippen LogP) is 2.67. The largest absolute Gasteiger partial charge is 0.320 e. The van der Waals surface area contributed by atoms with Crippen LogP contribution in [0.15, 0.2) is 41.1 Å². The molecule has 3 heteroatoms. The average molecular weight is 214 g/mol. The van der Waals surface area contributed by atoms with Crippen LogP contribution in [0.5, 0.6) is 0 Å². The molecule has 2 rings (SSSR count). The lowest BCUT2D eigenvalue weighted by Crippen LogP contribution is -2.10. The second-order valence-corrected chi connectivity index (χ2v) is 4.05. The Morgan fingerprint density at radius 3 is 2.40 bits per heavy atom. The number of rotatable bonds is 2. The van der Waals surface area contributed by atoms with E-state index in [0.717, 1.165) is 11.1 Å². The van der Waals surface area contributed by atoms with E-state index >= 15 is 0 Å². The zero-order valence-electron chi connectivity index (χ0n) is 8.05. The fourth-order valence-electron chi connectivity index (χ4n) is 1.41. The van der Waals surface area contributed by atoms with Crippen molar-refractivity contribution in [1.29, 1.82) is 5.26 Å². The van der Waals surface area contributed by atoms with Gasteiger partial charge in [0.1, 0.15) is 0 Å². The highest BCUT2D eigenvalue weighted by Crippen LogP contribution is 2.21. The van der Waals surface area contributed by atoms with E-state index in [1.54, 1.807) is 23.5 Å². The van der Waals surface area contributed by atoms with Gasteiger partial charge in [-0.1, -0.05) is 12.1 Å². The third-order valence-corrected chi connectivity index (χ3v) is 3.00. The molecule has 0 fully saturated rings. The standard InChI is InChI=1S/C12H10N2S/c13-7-9-1-3-10(4-2-9)12(14)11-5-6-15-8-11/h1-6,8,12H,14H2/t12-/m1/s1. The summed E-state index contributed by atoms with van der Waals surface area (Å²) >= 11 is 1.64. The van der Waals surface area contributed by atoms with Gasteiger partial charge in [0.15, 0.2) is 0 Å². The van der Waals surface area contributed by atoms with Gasteiger partial charge in [-0.2, -0.15) is 16.6 Å². The van der Waals surface area contributed by atoms with Crippen molar-refractivity contribution in [3.05, 3.63) is 57.8 Å². The minimum absolute atomic E-state index is 0.0935. The van der Waals surface area contributed by atoms with Gasteiger partial charge in [-0.05, 0) is 40.1 Å². The van der Waals surface area contributed by atoms with Gasteiger partial charge >= 0.3 is 0 Å². The summed E-state index contributed by atoms with van der Waals surface area (Å²) in [7, 11) is 0. The Labute approximate surface area is 92.6 Å². The van der Waals surface area contributed by atoms with Crippen molar-refractivity contribution >= 4 is 11.3 Å². The van der Waals surface area contributed by atoms with Crippen molar-refractivity contribution in [2.75, 3.05) is 0 Å². The number of nitrogens with two attached hydrogens (primary N) is 1. The molecular formula is C12H10N2S. The van der Waals surface area contributed by atoms with E-state index in [2.05, 4.69) is 6.07 Å². The van der Waals surface area contributed by atoms with Gasteiger partial charge < -0.3 is 5.73 Å². The van der Waals surface area contributed by atoms with Crippen LogP contribution >= 0.6 is 11.3 Å². The Bertz CT molecular complexity index is 465. The monoisotopic (exact) mass is 214 g/mol. The van der Waals surface area contributed by atoms with Gasteiger partial charge in [0, 0.05) is 0 Å². The number of hydrogen-bond donors (Lipinski definition) is 1. The molecule has 2 nitrogen and oxygen atoms in total. The van der Waals surface area contributed by atoms with Gasteiger partial charge in [-0.25, -0.2) is 0 Å². The zero-order valence-corrected chi connectivity index (χ0v) is 8.87. The second-order valence-electron chi connectivity index (χ2n) is 3.27. The van der Waals surface area contributed by atoms with Crippen molar-refractivity contribution < 1.29 is 0 Å². The predicted molar refractivity (Wildman–Crippen MR) is 61.5 cm³/mol. The maximum atomic E-state index is 8.67. The SMILES string of the molecule is N#Cc1ccc([C@@H](N)c2ccsc2)cc1. The van der Waals surface area contributed by atoms with Crippen molar-refractivity contribution in [1.82, 2.24) is 0 Å². The van der Waals surface area contributed by atoms with Crippen molar-refractivity contribution in [2.45, 2.75) is 6.04 Å². The first-order valence-corrected chi connectivity index (χ1v) is 5.53. The summed E-state index contributed by atoms with van der Waals surface area (Å²) in [5.74, 6) is 0. The van der Waals surface area contributed by atoms with Crippen LogP contribution in [-0.4, -0.2) is 0 Å². The normalized spacial score (nSPS) is 12.0. The molecule has 0 saturated carbocycles. The quantitative estimate of drug-likeness (QED) is 0.835. The zero-order chi connectivity index (χ0) is 10.7.